The molecule has 3 aromatic rings. The van der Waals surface area contributed by atoms with E-state index in [2.05, 4.69) is 10.1 Å². The molecule has 1 heterocycles. The number of hydrogen-bond donors (Lipinski definition) is 1. The average molecular weight is 295 g/mol. The van der Waals surface area contributed by atoms with Crippen molar-refractivity contribution in [3.8, 4) is 0 Å². The summed E-state index contributed by atoms with van der Waals surface area (Å²) in [5.41, 5.74) is 2.68. The molecular formula is C17H17N3O2. The van der Waals surface area contributed by atoms with Gasteiger partial charge in [0.05, 0.1) is 17.2 Å². The monoisotopic (exact) mass is 295 g/mol. The summed E-state index contributed by atoms with van der Waals surface area (Å²) in [5, 5.41) is 3.93. The van der Waals surface area contributed by atoms with Gasteiger partial charge in [0.25, 0.3) is 0 Å². The molecule has 0 unspecified atom stereocenters. The quantitative estimate of drug-likeness (QED) is 0.432. The normalized spacial score (nSPS) is 11.3. The molecular weight excluding hydrogens is 278 g/mol. The van der Waals surface area contributed by atoms with Crippen LogP contribution in [0.15, 0.2) is 64.5 Å². The molecule has 5 nitrogen and oxygen atoms in total. The van der Waals surface area contributed by atoms with Crippen LogP contribution in [0.3, 0.4) is 0 Å². The van der Waals surface area contributed by atoms with E-state index in [1.54, 1.807) is 10.8 Å². The second-order valence-corrected chi connectivity index (χ2v) is 4.93. The minimum Gasteiger partial charge on any atom is -0.396 e. The first-order chi connectivity index (χ1) is 10.8. The Bertz CT molecular complexity index is 819. The van der Waals surface area contributed by atoms with Crippen molar-refractivity contribution in [3.05, 3.63) is 70.6 Å². The smallest absolute Gasteiger partial charge is 0.326 e. The molecule has 2 aromatic carbocycles. The first-order valence-electron chi connectivity index (χ1n) is 7.22. The highest BCUT2D eigenvalue weighted by Crippen LogP contribution is 2.09. The van der Waals surface area contributed by atoms with E-state index < -0.39 is 0 Å². The molecule has 22 heavy (non-hydrogen) atoms. The Balaban J connectivity index is 1.52. The van der Waals surface area contributed by atoms with Crippen molar-refractivity contribution in [2.24, 2.45) is 5.16 Å². The van der Waals surface area contributed by atoms with E-state index in [1.165, 1.54) is 0 Å². The summed E-state index contributed by atoms with van der Waals surface area (Å²) in [4.78, 5) is 19.9. The SMILES string of the molecule is O=c1[nH]c2ccccc2n1CCCO/N=C\c1ccccc1. The maximum Gasteiger partial charge on any atom is 0.326 e. The maximum atomic E-state index is 11.9. The number of aromatic nitrogens is 2. The van der Waals surface area contributed by atoms with Crippen LogP contribution < -0.4 is 5.69 Å². The summed E-state index contributed by atoms with van der Waals surface area (Å²) in [7, 11) is 0. The fourth-order valence-corrected chi connectivity index (χ4v) is 2.31. The Hall–Kier alpha value is -2.82. The minimum absolute atomic E-state index is 0.0889. The predicted molar refractivity (Wildman–Crippen MR) is 87.2 cm³/mol. The second kappa shape index (κ2) is 6.76. The van der Waals surface area contributed by atoms with Crippen LogP contribution in [0.5, 0.6) is 0 Å². The fourth-order valence-electron chi connectivity index (χ4n) is 2.31. The lowest BCUT2D eigenvalue weighted by Gasteiger charge is -2.02. The Morgan fingerprint density at radius 3 is 2.73 bits per heavy atom. The number of nitrogens with zero attached hydrogens (tertiary/aromatic N) is 2. The van der Waals surface area contributed by atoms with Gasteiger partial charge >= 0.3 is 5.69 Å². The molecule has 0 radical (unpaired) electrons. The van der Waals surface area contributed by atoms with Gasteiger partial charge in [-0.3, -0.25) is 4.57 Å². The first kappa shape index (κ1) is 14.1. The molecule has 0 saturated carbocycles. The number of benzene rings is 2. The number of rotatable bonds is 6. The molecule has 0 atom stereocenters. The van der Waals surface area contributed by atoms with Crippen LogP contribution in [-0.4, -0.2) is 22.4 Å². The van der Waals surface area contributed by atoms with E-state index in [1.807, 2.05) is 54.6 Å². The maximum absolute atomic E-state index is 11.9. The lowest BCUT2D eigenvalue weighted by Crippen LogP contribution is -2.17. The van der Waals surface area contributed by atoms with Gasteiger partial charge in [0.15, 0.2) is 0 Å². The number of aromatic amines is 1. The Morgan fingerprint density at radius 1 is 1.09 bits per heavy atom. The third kappa shape index (κ3) is 3.25. The standard InChI is InChI=1S/C17H17N3O2/c21-17-19-15-9-4-5-10-16(15)20(17)11-6-12-22-18-13-14-7-2-1-3-8-14/h1-5,7-10,13H,6,11-12H2,(H,19,21)/b18-13-. The molecule has 3 rings (SSSR count). The van der Waals surface area contributed by atoms with Crippen molar-refractivity contribution in [2.45, 2.75) is 13.0 Å². The van der Waals surface area contributed by atoms with Crippen molar-refractivity contribution in [2.75, 3.05) is 6.61 Å². The molecule has 0 bridgehead atoms. The minimum atomic E-state index is -0.0889. The lowest BCUT2D eigenvalue weighted by atomic mass is 10.2. The Morgan fingerprint density at radius 2 is 1.86 bits per heavy atom. The first-order valence-corrected chi connectivity index (χ1v) is 7.22. The number of fused-ring (bicyclic) bond motifs is 1. The summed E-state index contributed by atoms with van der Waals surface area (Å²) in [5.74, 6) is 0. The highest BCUT2D eigenvalue weighted by atomic mass is 16.6. The van der Waals surface area contributed by atoms with E-state index in [-0.39, 0.29) is 5.69 Å². The zero-order chi connectivity index (χ0) is 15.2. The van der Waals surface area contributed by atoms with Crippen molar-refractivity contribution < 1.29 is 4.84 Å². The molecule has 0 fully saturated rings. The van der Waals surface area contributed by atoms with Gasteiger partial charge in [0.2, 0.25) is 0 Å². The average Bonchev–Trinajstić information content (AvgIpc) is 2.87. The molecule has 112 valence electrons. The second-order valence-electron chi connectivity index (χ2n) is 4.93. The van der Waals surface area contributed by atoms with Gasteiger partial charge in [-0.25, -0.2) is 4.79 Å². The van der Waals surface area contributed by atoms with Crippen LogP contribution in [0, 0.1) is 0 Å². The Labute approximate surface area is 127 Å². The third-order valence-electron chi connectivity index (χ3n) is 3.37. The highest BCUT2D eigenvalue weighted by Gasteiger charge is 2.04. The van der Waals surface area contributed by atoms with Crippen LogP contribution in [0.1, 0.15) is 12.0 Å². The number of para-hydroxylation sites is 2. The predicted octanol–water partition coefficient (Wildman–Crippen LogP) is 2.77. The summed E-state index contributed by atoms with van der Waals surface area (Å²) in [6.07, 6.45) is 2.39. The van der Waals surface area contributed by atoms with Crippen LogP contribution >= 0.6 is 0 Å². The van der Waals surface area contributed by atoms with Crippen molar-refractivity contribution >= 4 is 17.2 Å². The number of nitrogens with one attached hydrogen (secondary N) is 1. The molecule has 1 N–H and O–H groups in total. The van der Waals surface area contributed by atoms with E-state index in [4.69, 9.17) is 4.84 Å². The fraction of sp³-hybridized carbons (Fsp3) is 0.176. The van der Waals surface area contributed by atoms with Gasteiger partial charge in [-0.2, -0.15) is 0 Å². The van der Waals surface area contributed by atoms with Crippen LogP contribution in [0.2, 0.25) is 0 Å². The van der Waals surface area contributed by atoms with Gasteiger partial charge in [0.1, 0.15) is 6.61 Å². The largest absolute Gasteiger partial charge is 0.396 e. The van der Waals surface area contributed by atoms with E-state index in [0.29, 0.717) is 19.6 Å². The van der Waals surface area contributed by atoms with Crippen molar-refractivity contribution in [1.82, 2.24) is 9.55 Å². The summed E-state index contributed by atoms with van der Waals surface area (Å²) in [6.45, 7) is 1.07. The van der Waals surface area contributed by atoms with Gasteiger partial charge in [0, 0.05) is 13.0 Å². The summed E-state index contributed by atoms with van der Waals surface area (Å²) >= 11 is 0. The van der Waals surface area contributed by atoms with E-state index in [0.717, 1.165) is 16.6 Å². The number of hydrogen-bond acceptors (Lipinski definition) is 3. The van der Waals surface area contributed by atoms with Crippen molar-refractivity contribution in [1.29, 1.82) is 0 Å². The van der Waals surface area contributed by atoms with Crippen LogP contribution in [0.4, 0.5) is 0 Å². The molecule has 0 aliphatic rings. The molecule has 1 aromatic heterocycles. The molecule has 0 saturated heterocycles. The van der Waals surface area contributed by atoms with Crippen LogP contribution in [0.25, 0.3) is 11.0 Å². The molecule has 0 spiro atoms. The number of oxime groups is 1. The highest BCUT2D eigenvalue weighted by molar-refractivity contribution is 5.78. The summed E-state index contributed by atoms with van der Waals surface area (Å²) in [6, 6.07) is 17.4. The van der Waals surface area contributed by atoms with Crippen molar-refractivity contribution in [3.63, 3.8) is 0 Å². The number of aryl methyl sites for hydroxylation is 1. The molecule has 0 aliphatic heterocycles. The molecule has 5 heteroatoms. The van der Waals surface area contributed by atoms with E-state index >= 15 is 0 Å². The van der Waals surface area contributed by atoms with Gasteiger partial charge in [-0.15, -0.1) is 0 Å². The third-order valence-corrected chi connectivity index (χ3v) is 3.37. The van der Waals surface area contributed by atoms with Gasteiger partial charge in [-0.05, 0) is 17.7 Å². The van der Waals surface area contributed by atoms with Gasteiger partial charge < -0.3 is 9.82 Å². The topological polar surface area (TPSA) is 59.4 Å². The summed E-state index contributed by atoms with van der Waals surface area (Å²) < 4.78 is 1.72. The van der Waals surface area contributed by atoms with Gasteiger partial charge in [-0.1, -0.05) is 47.6 Å². The Kier molecular flexibility index (Phi) is 4.34. The number of H-pyrrole nitrogens is 1. The number of imidazole rings is 1. The van der Waals surface area contributed by atoms with Crippen LogP contribution in [-0.2, 0) is 11.4 Å². The van der Waals surface area contributed by atoms with E-state index in [9.17, 15) is 4.79 Å². The zero-order valence-electron chi connectivity index (χ0n) is 12.1. The molecule has 0 amide bonds. The lowest BCUT2D eigenvalue weighted by molar-refractivity contribution is 0.140. The molecule has 0 aliphatic carbocycles. The zero-order valence-corrected chi connectivity index (χ0v) is 12.1.